The second-order valence-corrected chi connectivity index (χ2v) is 8.17. The molecule has 2 aliphatic heterocycles. The van der Waals surface area contributed by atoms with Crippen LogP contribution in [0.25, 0.3) is 0 Å². The lowest BCUT2D eigenvalue weighted by molar-refractivity contribution is -0.289. The molecule has 2 fully saturated rings. The van der Waals surface area contributed by atoms with Crippen LogP contribution in [0.3, 0.4) is 0 Å². The predicted molar refractivity (Wildman–Crippen MR) is 103 cm³/mol. The minimum Gasteiger partial charge on any atom is -0.394 e. The Labute approximate surface area is 176 Å². The zero-order valence-electron chi connectivity index (χ0n) is 18.1. The van der Waals surface area contributed by atoms with Crippen LogP contribution in [0.5, 0.6) is 0 Å². The monoisotopic (exact) mass is 442 g/mol. The van der Waals surface area contributed by atoms with Crippen molar-refractivity contribution in [2.75, 3.05) is 13.2 Å². The first-order valence-electron chi connectivity index (χ1n) is 10.2. The van der Waals surface area contributed by atoms with Crippen molar-refractivity contribution < 1.29 is 54.7 Å². The highest BCUT2D eigenvalue weighted by Gasteiger charge is 2.44. The molecule has 30 heavy (non-hydrogen) atoms. The predicted octanol–water partition coefficient (Wildman–Crippen LogP) is -2.30. The molecule has 2 saturated heterocycles. The van der Waals surface area contributed by atoms with Crippen LogP contribution in [0.2, 0.25) is 0 Å². The zero-order valence-corrected chi connectivity index (χ0v) is 18.1. The fourth-order valence-electron chi connectivity index (χ4n) is 3.09. The summed E-state index contributed by atoms with van der Waals surface area (Å²) < 4.78 is 20.7. The summed E-state index contributed by atoms with van der Waals surface area (Å²) in [6.07, 6.45) is -9.79. The van der Waals surface area contributed by atoms with Gasteiger partial charge < -0.3 is 54.7 Å². The summed E-state index contributed by atoms with van der Waals surface area (Å²) in [4.78, 5) is 0. The van der Waals surface area contributed by atoms with Crippen molar-refractivity contribution in [3.8, 4) is 0 Å². The fourth-order valence-corrected chi connectivity index (χ4v) is 3.09. The first kappa shape index (κ1) is 27.6. The van der Waals surface area contributed by atoms with Gasteiger partial charge in [-0.25, -0.2) is 0 Å². The number of hydrogen-bond acceptors (Lipinski definition) is 11. The van der Waals surface area contributed by atoms with Gasteiger partial charge in [-0.2, -0.15) is 0 Å². The van der Waals surface area contributed by atoms with E-state index in [1.807, 2.05) is 27.7 Å². The Bertz CT molecular complexity index is 477. The Morgan fingerprint density at radius 3 is 1.80 bits per heavy atom. The molecule has 0 spiro atoms. The lowest BCUT2D eigenvalue weighted by Gasteiger charge is -2.41. The summed E-state index contributed by atoms with van der Waals surface area (Å²) in [5.74, 6) is -0.315. The Hall–Kier alpha value is -0.440. The molecule has 0 bridgehead atoms. The molecule has 2 aliphatic rings. The molecule has 7 N–H and O–H groups in total. The molecule has 11 heteroatoms. The van der Waals surface area contributed by atoms with E-state index in [0.717, 1.165) is 0 Å². The third-order valence-corrected chi connectivity index (χ3v) is 4.89. The van der Waals surface area contributed by atoms with Crippen LogP contribution < -0.4 is 0 Å². The molecule has 11 nitrogen and oxygen atoms in total. The lowest BCUT2D eigenvalue weighted by atomic mass is 9.92. The summed E-state index contributed by atoms with van der Waals surface area (Å²) in [6, 6.07) is 0. The van der Waals surface area contributed by atoms with Crippen LogP contribution in [0.4, 0.5) is 0 Å². The molecule has 0 aromatic carbocycles. The summed E-state index contributed by atoms with van der Waals surface area (Å²) in [6.45, 7) is 8.81. The van der Waals surface area contributed by atoms with E-state index in [1.54, 1.807) is 6.92 Å². The number of hydrogen-bond donors (Lipinski definition) is 7. The highest BCUT2D eigenvalue weighted by atomic mass is 16.6. The van der Waals surface area contributed by atoms with Gasteiger partial charge in [-0.15, -0.1) is 0 Å². The minimum atomic E-state index is -1.50. The van der Waals surface area contributed by atoms with Gasteiger partial charge in [-0.05, 0) is 27.7 Å². The molecule has 2 rings (SSSR count). The first-order chi connectivity index (χ1) is 13.9. The van der Waals surface area contributed by atoms with Crippen molar-refractivity contribution in [1.29, 1.82) is 0 Å². The van der Waals surface area contributed by atoms with E-state index in [0.29, 0.717) is 0 Å². The second kappa shape index (κ2) is 12.6. The maximum atomic E-state index is 9.84. The van der Waals surface area contributed by atoms with E-state index >= 15 is 0 Å². The molecular weight excluding hydrogens is 404 g/mol. The minimum absolute atomic E-state index is 0.0399. The zero-order chi connectivity index (χ0) is 23.2. The Balaban J connectivity index is 0.000000300. The standard InChI is InChI=1S/C10H20O5.C9H18O6/c1-5(2)14-9-6(3)10(13)15-7(4-11)8(9)12;1-4(2)14-3-5-6(10)7(11)8(12)9(13)15-5/h5-13H,4H2,1-3H3;4-13H,3H2,1-2H3/t6-,7-,8-,9-,10+;5-,6-,7+,8-,9+/m11/s1. The van der Waals surface area contributed by atoms with Crippen molar-refractivity contribution in [2.24, 2.45) is 5.92 Å². The maximum absolute atomic E-state index is 9.84. The van der Waals surface area contributed by atoms with Crippen LogP contribution >= 0.6 is 0 Å². The van der Waals surface area contributed by atoms with E-state index in [1.165, 1.54) is 0 Å². The number of rotatable bonds is 6. The molecular formula is C19H38O11. The van der Waals surface area contributed by atoms with Gasteiger partial charge in [0.2, 0.25) is 0 Å². The molecule has 0 amide bonds. The Morgan fingerprint density at radius 1 is 0.733 bits per heavy atom. The molecule has 2 heterocycles. The quantitative estimate of drug-likeness (QED) is 0.235. The van der Waals surface area contributed by atoms with Gasteiger partial charge in [0.25, 0.3) is 0 Å². The summed E-state index contributed by atoms with van der Waals surface area (Å²) in [5.41, 5.74) is 0. The van der Waals surface area contributed by atoms with Crippen molar-refractivity contribution in [2.45, 2.75) is 102 Å². The molecule has 0 radical (unpaired) electrons. The normalized spacial score (nSPS) is 42.2. The Morgan fingerprint density at radius 2 is 1.30 bits per heavy atom. The summed E-state index contributed by atoms with van der Waals surface area (Å²) >= 11 is 0. The van der Waals surface area contributed by atoms with Crippen LogP contribution in [0.1, 0.15) is 34.6 Å². The van der Waals surface area contributed by atoms with Gasteiger partial charge in [-0.1, -0.05) is 6.92 Å². The first-order valence-corrected chi connectivity index (χ1v) is 10.2. The molecule has 0 unspecified atom stereocenters. The van der Waals surface area contributed by atoms with Gasteiger partial charge in [0.05, 0.1) is 31.5 Å². The third-order valence-electron chi connectivity index (χ3n) is 4.89. The van der Waals surface area contributed by atoms with Gasteiger partial charge in [-0.3, -0.25) is 0 Å². The SMILES string of the molecule is CC(C)OC[C@H]1O[C@H](O)[C@H](O)[C@@H](O)[C@@H]1O.CC(C)O[C@@H]1[C@@H](C)[C@@H](O)O[C@H](CO)[C@H]1O. The third kappa shape index (κ3) is 7.61. The van der Waals surface area contributed by atoms with Crippen molar-refractivity contribution in [3.63, 3.8) is 0 Å². The van der Waals surface area contributed by atoms with E-state index in [9.17, 15) is 30.6 Å². The van der Waals surface area contributed by atoms with Crippen LogP contribution in [-0.4, -0.2) is 116 Å². The highest BCUT2D eigenvalue weighted by molar-refractivity contribution is 4.89. The fraction of sp³-hybridized carbons (Fsp3) is 1.00. The van der Waals surface area contributed by atoms with Gasteiger partial charge in [0.1, 0.15) is 36.6 Å². The van der Waals surface area contributed by atoms with Gasteiger partial charge in [0.15, 0.2) is 12.6 Å². The average Bonchev–Trinajstić information content (AvgIpc) is 2.68. The number of aliphatic hydroxyl groups is 7. The number of ether oxygens (including phenoxy) is 4. The highest BCUT2D eigenvalue weighted by Crippen LogP contribution is 2.27. The molecule has 0 aromatic rings. The maximum Gasteiger partial charge on any atom is 0.184 e. The van der Waals surface area contributed by atoms with E-state index < -0.39 is 55.3 Å². The van der Waals surface area contributed by atoms with Crippen molar-refractivity contribution >= 4 is 0 Å². The van der Waals surface area contributed by atoms with Crippen molar-refractivity contribution in [3.05, 3.63) is 0 Å². The van der Waals surface area contributed by atoms with E-state index in [2.05, 4.69) is 0 Å². The topological polar surface area (TPSA) is 179 Å². The van der Waals surface area contributed by atoms with Crippen LogP contribution in [0, 0.1) is 5.92 Å². The largest absolute Gasteiger partial charge is 0.394 e. The smallest absolute Gasteiger partial charge is 0.184 e. The molecule has 0 aromatic heterocycles. The van der Waals surface area contributed by atoms with Crippen molar-refractivity contribution in [1.82, 2.24) is 0 Å². The molecule has 180 valence electrons. The average molecular weight is 443 g/mol. The lowest BCUT2D eigenvalue weighted by Crippen LogP contribution is -2.58. The van der Waals surface area contributed by atoms with E-state index in [-0.39, 0.29) is 31.3 Å². The van der Waals surface area contributed by atoms with Crippen LogP contribution in [-0.2, 0) is 18.9 Å². The molecule has 10 atom stereocenters. The van der Waals surface area contributed by atoms with Gasteiger partial charge in [0, 0.05) is 5.92 Å². The summed E-state index contributed by atoms with van der Waals surface area (Å²) in [7, 11) is 0. The molecule has 0 saturated carbocycles. The Kier molecular flexibility index (Phi) is 11.6. The van der Waals surface area contributed by atoms with Crippen LogP contribution in [0.15, 0.2) is 0 Å². The summed E-state index contributed by atoms with van der Waals surface area (Å²) in [5, 5.41) is 65.6. The molecule has 0 aliphatic carbocycles. The number of aliphatic hydroxyl groups excluding tert-OH is 7. The van der Waals surface area contributed by atoms with Gasteiger partial charge >= 0.3 is 0 Å². The van der Waals surface area contributed by atoms with E-state index in [4.69, 9.17) is 24.1 Å². The second-order valence-electron chi connectivity index (χ2n) is 8.17.